The smallest absolute Gasteiger partial charge is 0.449 e. The molecule has 0 unspecified atom stereocenters. The summed E-state index contributed by atoms with van der Waals surface area (Å²) in [5.74, 6) is 0.142. The molecule has 2 aromatic carbocycles. The van der Waals surface area contributed by atoms with Crippen molar-refractivity contribution < 1.29 is 27.4 Å². The van der Waals surface area contributed by atoms with E-state index in [1.807, 2.05) is 13.8 Å². The number of aromatic nitrogens is 2. The fraction of sp³-hybridized carbons (Fsp3) is 0.440. The molecule has 1 saturated heterocycles. The molecule has 6 nitrogen and oxygen atoms in total. The Morgan fingerprint density at radius 2 is 1.71 bits per heavy atom. The van der Waals surface area contributed by atoms with Crippen LogP contribution in [0, 0.1) is 5.92 Å². The van der Waals surface area contributed by atoms with Crippen LogP contribution in [-0.2, 0) is 12.7 Å². The third kappa shape index (κ3) is 4.98. The number of fused-ring (bicyclic) bond motifs is 1. The summed E-state index contributed by atoms with van der Waals surface area (Å²) in [5.41, 5.74) is 1.32. The van der Waals surface area contributed by atoms with Crippen molar-refractivity contribution in [2.45, 2.75) is 39.4 Å². The number of alkyl halides is 3. The van der Waals surface area contributed by atoms with E-state index >= 15 is 0 Å². The minimum absolute atomic E-state index is 0.0158. The quantitative estimate of drug-likeness (QED) is 0.459. The van der Waals surface area contributed by atoms with Crippen LogP contribution in [0.4, 0.5) is 13.2 Å². The summed E-state index contributed by atoms with van der Waals surface area (Å²) in [5, 5.41) is 0. The van der Waals surface area contributed by atoms with Crippen molar-refractivity contribution in [3.05, 3.63) is 53.9 Å². The Hall–Kier alpha value is -3.23. The average Bonchev–Trinajstić information content (AvgIpc) is 3.20. The molecule has 4 rings (SSSR count). The molecule has 0 bridgehead atoms. The largest absolute Gasteiger partial charge is 0.490 e. The first kappa shape index (κ1) is 23.9. The highest BCUT2D eigenvalue weighted by Crippen LogP contribution is 2.34. The summed E-state index contributed by atoms with van der Waals surface area (Å²) in [4.78, 5) is 18.7. The van der Waals surface area contributed by atoms with Crippen LogP contribution in [0.3, 0.4) is 0 Å². The summed E-state index contributed by atoms with van der Waals surface area (Å²) >= 11 is 0. The summed E-state index contributed by atoms with van der Waals surface area (Å²) in [6.45, 7) is 5.86. The van der Waals surface area contributed by atoms with Gasteiger partial charge in [0, 0.05) is 25.2 Å². The standard InChI is InChI=1S/C25H28F3N3O3/c1-3-33-21-10-9-18(15-22(21)34-4-2)23(32)30-13-11-17(12-14-30)16-31-20-8-6-5-7-19(20)29-24(31)25(26,27)28/h5-10,15,17H,3-4,11-14,16H2,1-2H3. The van der Waals surface area contributed by atoms with E-state index in [1.54, 1.807) is 47.4 Å². The van der Waals surface area contributed by atoms with Crippen LogP contribution in [0.15, 0.2) is 42.5 Å². The first-order valence-corrected chi connectivity index (χ1v) is 11.5. The molecule has 9 heteroatoms. The van der Waals surface area contributed by atoms with Crippen molar-refractivity contribution in [3.8, 4) is 11.5 Å². The van der Waals surface area contributed by atoms with E-state index in [9.17, 15) is 18.0 Å². The number of halogens is 3. The second-order valence-electron chi connectivity index (χ2n) is 8.30. The van der Waals surface area contributed by atoms with Gasteiger partial charge in [-0.05, 0) is 62.9 Å². The van der Waals surface area contributed by atoms with Crippen LogP contribution in [0.25, 0.3) is 11.0 Å². The van der Waals surface area contributed by atoms with E-state index < -0.39 is 12.0 Å². The van der Waals surface area contributed by atoms with E-state index in [-0.39, 0.29) is 18.4 Å². The predicted molar refractivity (Wildman–Crippen MR) is 122 cm³/mol. The first-order chi connectivity index (χ1) is 16.3. The maximum atomic E-state index is 13.6. The molecule has 0 radical (unpaired) electrons. The Balaban J connectivity index is 1.45. The van der Waals surface area contributed by atoms with Gasteiger partial charge in [0.15, 0.2) is 11.5 Å². The number of para-hydroxylation sites is 2. The molecule has 0 atom stereocenters. The van der Waals surface area contributed by atoms with Gasteiger partial charge in [0.1, 0.15) is 0 Å². The van der Waals surface area contributed by atoms with Gasteiger partial charge in [0.2, 0.25) is 5.82 Å². The number of ether oxygens (including phenoxy) is 2. The highest BCUT2D eigenvalue weighted by atomic mass is 19.4. The molecule has 1 aliphatic rings. The molecule has 1 amide bonds. The lowest BCUT2D eigenvalue weighted by molar-refractivity contribution is -0.147. The topological polar surface area (TPSA) is 56.6 Å². The molecule has 1 aromatic heterocycles. The lowest BCUT2D eigenvalue weighted by Crippen LogP contribution is -2.39. The Bertz CT molecular complexity index is 1150. The van der Waals surface area contributed by atoms with Crippen molar-refractivity contribution in [1.82, 2.24) is 14.5 Å². The number of nitrogens with zero attached hydrogens (tertiary/aromatic N) is 3. The van der Waals surface area contributed by atoms with Gasteiger partial charge in [0.25, 0.3) is 5.91 Å². The molecule has 1 fully saturated rings. The summed E-state index contributed by atoms with van der Waals surface area (Å²) in [6.07, 6.45) is -3.29. The molecule has 3 aromatic rings. The zero-order valence-corrected chi connectivity index (χ0v) is 19.3. The summed E-state index contributed by atoms with van der Waals surface area (Å²) in [6, 6.07) is 11.8. The zero-order valence-electron chi connectivity index (χ0n) is 19.3. The third-order valence-corrected chi connectivity index (χ3v) is 6.04. The van der Waals surface area contributed by atoms with Gasteiger partial charge in [-0.3, -0.25) is 4.79 Å². The van der Waals surface area contributed by atoms with E-state index in [2.05, 4.69) is 4.98 Å². The Morgan fingerprint density at radius 1 is 1.03 bits per heavy atom. The van der Waals surface area contributed by atoms with Gasteiger partial charge in [-0.25, -0.2) is 4.98 Å². The second-order valence-corrected chi connectivity index (χ2v) is 8.30. The third-order valence-electron chi connectivity index (χ3n) is 6.04. The van der Waals surface area contributed by atoms with Crippen LogP contribution < -0.4 is 9.47 Å². The summed E-state index contributed by atoms with van der Waals surface area (Å²) < 4.78 is 53.3. The zero-order chi connectivity index (χ0) is 24.3. The maximum Gasteiger partial charge on any atom is 0.449 e. The predicted octanol–water partition coefficient (Wildman–Crippen LogP) is 5.40. The van der Waals surface area contributed by atoms with E-state index in [0.717, 1.165) is 0 Å². The number of likely N-dealkylation sites (tertiary alicyclic amines) is 1. The van der Waals surface area contributed by atoms with Crippen molar-refractivity contribution in [2.24, 2.45) is 5.92 Å². The van der Waals surface area contributed by atoms with Gasteiger partial charge in [-0.2, -0.15) is 13.2 Å². The van der Waals surface area contributed by atoms with Crippen LogP contribution in [0.1, 0.15) is 42.9 Å². The van der Waals surface area contributed by atoms with Crippen LogP contribution >= 0.6 is 0 Å². The van der Waals surface area contributed by atoms with Crippen LogP contribution in [-0.4, -0.2) is 46.7 Å². The number of carbonyl (C=O) groups is 1. The molecular weight excluding hydrogens is 447 g/mol. The summed E-state index contributed by atoms with van der Waals surface area (Å²) in [7, 11) is 0. The Labute approximate surface area is 196 Å². The fourth-order valence-electron chi connectivity index (χ4n) is 4.42. The number of hydrogen-bond donors (Lipinski definition) is 0. The van der Waals surface area contributed by atoms with E-state index in [4.69, 9.17) is 9.47 Å². The molecule has 0 N–H and O–H groups in total. The van der Waals surface area contributed by atoms with Crippen molar-refractivity contribution in [1.29, 1.82) is 0 Å². The minimum Gasteiger partial charge on any atom is -0.490 e. The molecule has 0 spiro atoms. The normalized spacial score (nSPS) is 15.0. The van der Waals surface area contributed by atoms with Gasteiger partial charge in [-0.1, -0.05) is 12.1 Å². The van der Waals surface area contributed by atoms with Crippen molar-refractivity contribution in [3.63, 3.8) is 0 Å². The highest BCUT2D eigenvalue weighted by molar-refractivity contribution is 5.95. The van der Waals surface area contributed by atoms with Crippen LogP contribution in [0.2, 0.25) is 0 Å². The molecule has 0 aliphatic carbocycles. The van der Waals surface area contributed by atoms with Gasteiger partial charge in [0.05, 0.1) is 24.2 Å². The Kier molecular flexibility index (Phi) is 7.00. The van der Waals surface area contributed by atoms with E-state index in [1.165, 1.54) is 4.57 Å². The number of imidazole rings is 1. The monoisotopic (exact) mass is 475 g/mol. The molecule has 0 saturated carbocycles. The average molecular weight is 476 g/mol. The lowest BCUT2D eigenvalue weighted by Gasteiger charge is -2.32. The number of benzene rings is 2. The molecule has 34 heavy (non-hydrogen) atoms. The number of amides is 1. The maximum absolute atomic E-state index is 13.6. The number of hydrogen-bond acceptors (Lipinski definition) is 4. The van der Waals surface area contributed by atoms with Gasteiger partial charge >= 0.3 is 6.18 Å². The number of carbonyl (C=O) groups excluding carboxylic acids is 1. The Morgan fingerprint density at radius 3 is 2.38 bits per heavy atom. The van der Waals surface area contributed by atoms with E-state index in [0.29, 0.717) is 67.2 Å². The highest BCUT2D eigenvalue weighted by Gasteiger charge is 2.38. The molecule has 182 valence electrons. The van der Waals surface area contributed by atoms with Crippen LogP contribution in [0.5, 0.6) is 11.5 Å². The fourth-order valence-corrected chi connectivity index (χ4v) is 4.42. The first-order valence-electron chi connectivity index (χ1n) is 11.5. The molecular formula is C25H28F3N3O3. The van der Waals surface area contributed by atoms with Crippen molar-refractivity contribution >= 4 is 16.9 Å². The molecule has 1 aliphatic heterocycles. The molecule has 2 heterocycles. The SMILES string of the molecule is CCOc1ccc(C(=O)N2CCC(Cn3c(C(F)(F)F)nc4ccccc43)CC2)cc1OCC. The van der Waals surface area contributed by atoms with Crippen molar-refractivity contribution in [2.75, 3.05) is 26.3 Å². The number of piperidine rings is 1. The lowest BCUT2D eigenvalue weighted by atomic mass is 9.96. The second kappa shape index (κ2) is 9.95. The minimum atomic E-state index is -4.53. The van der Waals surface area contributed by atoms with Gasteiger partial charge in [-0.15, -0.1) is 0 Å². The van der Waals surface area contributed by atoms with Gasteiger partial charge < -0.3 is 18.9 Å². The number of rotatable bonds is 7.